The monoisotopic (exact) mass is 477 g/mol. The number of carbonyl (C=O) groups is 2. The number of phenols is 1. The van der Waals surface area contributed by atoms with Crippen LogP contribution in [-0.4, -0.2) is 38.8 Å². The lowest BCUT2D eigenvalue weighted by atomic mass is 9.63. The molecule has 0 spiro atoms. The lowest BCUT2D eigenvalue weighted by Crippen LogP contribution is -2.53. The maximum atomic E-state index is 13.8. The molecule has 2 N–H and O–H groups in total. The largest absolute Gasteiger partial charge is 0.507 e. The van der Waals surface area contributed by atoms with Gasteiger partial charge in [0.2, 0.25) is 11.8 Å². The summed E-state index contributed by atoms with van der Waals surface area (Å²) in [6.45, 7) is 2.08. The fraction of sp³-hybridized carbons (Fsp3) is 0.586. The highest BCUT2D eigenvalue weighted by molar-refractivity contribution is 6.06. The number of nitrogens with zero attached hydrogens (tertiary/aromatic N) is 1. The van der Waals surface area contributed by atoms with Crippen LogP contribution in [0, 0.1) is 23.7 Å². The summed E-state index contributed by atoms with van der Waals surface area (Å²) in [4.78, 5) is 29.0. The van der Waals surface area contributed by atoms with Gasteiger partial charge in [-0.05, 0) is 49.1 Å². The van der Waals surface area contributed by atoms with Gasteiger partial charge < -0.3 is 14.9 Å². The van der Waals surface area contributed by atoms with Gasteiger partial charge in [0.05, 0.1) is 17.9 Å². The molecule has 35 heavy (non-hydrogen) atoms. The Hall–Kier alpha value is -2.44. The lowest BCUT2D eigenvalue weighted by Gasteiger charge is -2.44. The van der Waals surface area contributed by atoms with Crippen LogP contribution >= 0.6 is 0 Å². The number of ether oxygens (including phenoxy) is 1. The molecule has 2 aromatic carbocycles. The Morgan fingerprint density at radius 2 is 1.74 bits per heavy atom. The minimum atomic E-state index is -1.43. The van der Waals surface area contributed by atoms with Gasteiger partial charge in [-0.1, -0.05) is 62.9 Å². The van der Waals surface area contributed by atoms with Crippen LogP contribution in [0.25, 0.3) is 10.8 Å². The van der Waals surface area contributed by atoms with Crippen LogP contribution in [0.1, 0.15) is 76.4 Å². The lowest BCUT2D eigenvalue weighted by molar-refractivity contribution is -0.270. The number of amides is 2. The summed E-state index contributed by atoms with van der Waals surface area (Å²) in [5.41, 5.74) is 0.911. The third kappa shape index (κ3) is 3.44. The smallest absolute Gasteiger partial charge is 0.233 e. The molecule has 2 aromatic rings. The summed E-state index contributed by atoms with van der Waals surface area (Å²) in [5.74, 6) is -2.81. The molecule has 0 bridgehead atoms. The Labute approximate surface area is 206 Å². The van der Waals surface area contributed by atoms with Crippen molar-refractivity contribution in [2.45, 2.75) is 82.6 Å². The van der Waals surface area contributed by atoms with Crippen molar-refractivity contribution < 1.29 is 24.5 Å². The first-order valence-corrected chi connectivity index (χ1v) is 13.4. The number of imide groups is 1. The van der Waals surface area contributed by atoms with Gasteiger partial charge in [0.25, 0.3) is 0 Å². The Balaban J connectivity index is 1.38. The second kappa shape index (κ2) is 8.59. The fourth-order valence-corrected chi connectivity index (χ4v) is 7.66. The molecule has 6 nitrogen and oxygen atoms in total. The van der Waals surface area contributed by atoms with Gasteiger partial charge in [0.1, 0.15) is 5.75 Å². The predicted molar refractivity (Wildman–Crippen MR) is 131 cm³/mol. The van der Waals surface area contributed by atoms with E-state index in [1.54, 1.807) is 11.0 Å². The maximum absolute atomic E-state index is 13.8. The van der Waals surface area contributed by atoms with Gasteiger partial charge >= 0.3 is 0 Å². The molecule has 2 saturated heterocycles. The van der Waals surface area contributed by atoms with Crippen LogP contribution in [0.2, 0.25) is 0 Å². The van der Waals surface area contributed by atoms with E-state index in [1.165, 1.54) is 0 Å². The number of phenolic OH excluding ortho intramolecular Hbond substituents is 1. The van der Waals surface area contributed by atoms with Crippen molar-refractivity contribution in [3.05, 3.63) is 42.0 Å². The van der Waals surface area contributed by atoms with E-state index in [0.29, 0.717) is 12.8 Å². The van der Waals surface area contributed by atoms with Crippen molar-refractivity contribution in [3.8, 4) is 5.75 Å². The molecule has 0 aromatic heterocycles. The number of benzene rings is 2. The third-order valence-corrected chi connectivity index (χ3v) is 9.26. The van der Waals surface area contributed by atoms with Crippen molar-refractivity contribution >= 4 is 22.6 Å². The molecule has 2 aliphatic heterocycles. The van der Waals surface area contributed by atoms with Gasteiger partial charge in [-0.3, -0.25) is 14.5 Å². The van der Waals surface area contributed by atoms with Gasteiger partial charge in [-0.25, -0.2) is 0 Å². The van der Waals surface area contributed by atoms with Crippen molar-refractivity contribution in [1.29, 1.82) is 0 Å². The summed E-state index contributed by atoms with van der Waals surface area (Å²) in [5, 5.41) is 24.1. The molecule has 4 fully saturated rings. The highest BCUT2D eigenvalue weighted by Gasteiger charge is 2.67. The first-order chi connectivity index (χ1) is 16.9. The summed E-state index contributed by atoms with van der Waals surface area (Å²) in [6.07, 6.45) is 7.28. The number of aliphatic hydroxyl groups is 1. The van der Waals surface area contributed by atoms with Gasteiger partial charge in [0, 0.05) is 23.3 Å². The molecule has 0 unspecified atom stereocenters. The average Bonchev–Trinajstić information content (AvgIpc) is 3.34. The van der Waals surface area contributed by atoms with Crippen LogP contribution in [0.5, 0.6) is 5.75 Å². The molecule has 6 atom stereocenters. The predicted octanol–water partition coefficient (Wildman–Crippen LogP) is 5.07. The van der Waals surface area contributed by atoms with Crippen molar-refractivity contribution in [1.82, 2.24) is 4.90 Å². The second-order valence-corrected chi connectivity index (χ2v) is 11.1. The number of hydrogen-bond donors (Lipinski definition) is 2. The van der Waals surface area contributed by atoms with Crippen LogP contribution < -0.4 is 0 Å². The molecule has 186 valence electrons. The van der Waals surface area contributed by atoms with Crippen LogP contribution in [0.15, 0.2) is 36.4 Å². The minimum absolute atomic E-state index is 0.00577. The molecule has 2 heterocycles. The third-order valence-electron chi connectivity index (χ3n) is 9.26. The van der Waals surface area contributed by atoms with E-state index in [4.69, 9.17) is 4.74 Å². The summed E-state index contributed by atoms with van der Waals surface area (Å²) in [7, 11) is 0. The molecule has 6 rings (SSSR count). The molecule has 6 heteroatoms. The number of likely N-dealkylation sites (tertiary alicyclic amines) is 1. The van der Waals surface area contributed by atoms with E-state index in [1.807, 2.05) is 30.3 Å². The summed E-state index contributed by atoms with van der Waals surface area (Å²) in [6, 6.07) is 11.2. The van der Waals surface area contributed by atoms with E-state index < -0.39 is 23.7 Å². The van der Waals surface area contributed by atoms with E-state index >= 15 is 0 Å². The zero-order valence-corrected chi connectivity index (χ0v) is 20.4. The van der Waals surface area contributed by atoms with Crippen molar-refractivity contribution in [2.75, 3.05) is 0 Å². The quantitative estimate of drug-likeness (QED) is 0.601. The zero-order chi connectivity index (χ0) is 24.3. The molecule has 0 radical (unpaired) electrons. The average molecular weight is 478 g/mol. The fourth-order valence-electron chi connectivity index (χ4n) is 7.66. The molecular weight excluding hydrogens is 442 g/mol. The van der Waals surface area contributed by atoms with Crippen LogP contribution in [0.3, 0.4) is 0 Å². The summed E-state index contributed by atoms with van der Waals surface area (Å²) < 4.78 is 6.52. The zero-order valence-electron chi connectivity index (χ0n) is 20.4. The number of aromatic hydroxyl groups is 1. The first kappa shape index (κ1) is 23.0. The Morgan fingerprint density at radius 3 is 2.49 bits per heavy atom. The number of carbonyl (C=O) groups excluding carboxylic acids is 2. The molecule has 2 amide bonds. The van der Waals surface area contributed by atoms with E-state index in [-0.39, 0.29) is 35.4 Å². The number of fused-ring (bicyclic) bond motifs is 4. The van der Waals surface area contributed by atoms with Gasteiger partial charge in [0.15, 0.2) is 5.79 Å². The van der Waals surface area contributed by atoms with E-state index in [0.717, 1.165) is 61.3 Å². The topological polar surface area (TPSA) is 87.1 Å². The summed E-state index contributed by atoms with van der Waals surface area (Å²) >= 11 is 0. The normalized spacial score (nSPS) is 35.5. The van der Waals surface area contributed by atoms with Crippen molar-refractivity contribution in [3.63, 3.8) is 0 Å². The minimum Gasteiger partial charge on any atom is -0.507 e. The maximum Gasteiger partial charge on any atom is 0.233 e. The molecule has 2 saturated carbocycles. The highest BCUT2D eigenvalue weighted by atomic mass is 16.6. The first-order valence-electron chi connectivity index (χ1n) is 13.4. The van der Waals surface area contributed by atoms with Crippen molar-refractivity contribution in [2.24, 2.45) is 23.7 Å². The van der Waals surface area contributed by atoms with E-state index in [2.05, 4.69) is 6.92 Å². The van der Waals surface area contributed by atoms with Crippen LogP contribution in [-0.2, 0) is 14.3 Å². The van der Waals surface area contributed by atoms with Gasteiger partial charge in [-0.2, -0.15) is 0 Å². The molecular formula is C29H35NO5. The Bertz CT molecular complexity index is 1160. The van der Waals surface area contributed by atoms with Crippen LogP contribution in [0.4, 0.5) is 0 Å². The standard InChI is InChI=1S/C29H35NO5/c1-2-8-17-15-22-26(28(33)30(27(22)32)18-9-4-3-5-10-18)23-16-25(35-29(17,23)34)21-13-14-24(31)20-12-7-6-11-19(20)21/h6-7,11-14,17-18,22-23,25-26,31,34H,2-5,8-10,15-16H2,1H3/t17-,22-,23-,25-,26-,29+/m0/s1. The highest BCUT2D eigenvalue weighted by Crippen LogP contribution is 2.60. The SMILES string of the molecule is CCC[C@H]1C[C@@H]2C(=O)N(C3CCCCC3)C(=O)[C@@H]2[C@@H]2C[C@@H](c3ccc(O)c4ccccc34)O[C@]12O. The Kier molecular flexibility index (Phi) is 5.65. The Morgan fingerprint density at radius 1 is 1.00 bits per heavy atom. The number of hydrogen-bond acceptors (Lipinski definition) is 5. The second-order valence-electron chi connectivity index (χ2n) is 11.1. The molecule has 4 aliphatic rings. The number of rotatable bonds is 4. The van der Waals surface area contributed by atoms with Gasteiger partial charge in [-0.15, -0.1) is 0 Å². The van der Waals surface area contributed by atoms with E-state index in [9.17, 15) is 19.8 Å². The molecule has 2 aliphatic carbocycles.